The van der Waals surface area contributed by atoms with Gasteiger partial charge >= 0.3 is 5.97 Å². The van der Waals surface area contributed by atoms with Crippen molar-refractivity contribution in [1.29, 1.82) is 0 Å². The lowest BCUT2D eigenvalue weighted by Crippen LogP contribution is -2.40. The summed E-state index contributed by atoms with van der Waals surface area (Å²) in [6.07, 6.45) is 1.16. The molecule has 1 aliphatic carbocycles. The lowest BCUT2D eigenvalue weighted by atomic mass is 10.0. The molecule has 22 heavy (non-hydrogen) atoms. The number of ether oxygens (including phenoxy) is 1. The summed E-state index contributed by atoms with van der Waals surface area (Å²) in [5.74, 6) is -0.193. The molecule has 0 aromatic carbocycles. The van der Waals surface area contributed by atoms with Crippen molar-refractivity contribution >= 4 is 23.2 Å². The highest BCUT2D eigenvalue weighted by molar-refractivity contribution is 7.11. The van der Waals surface area contributed by atoms with Gasteiger partial charge in [0.1, 0.15) is 5.41 Å². The number of esters is 1. The number of carbonyl (C=O) groups is 2. The first-order valence-corrected chi connectivity index (χ1v) is 8.39. The third-order valence-corrected chi connectivity index (χ3v) is 5.99. The average molecular weight is 324 g/mol. The monoisotopic (exact) mass is 324 g/mol. The van der Waals surface area contributed by atoms with Gasteiger partial charge in [0.25, 0.3) is 0 Å². The Morgan fingerprint density at radius 2 is 1.91 bits per heavy atom. The van der Waals surface area contributed by atoms with Crippen molar-refractivity contribution in [3.05, 3.63) is 15.6 Å². The Morgan fingerprint density at radius 1 is 1.32 bits per heavy atom. The second-order valence-corrected chi connectivity index (χ2v) is 7.38. The third kappa shape index (κ3) is 2.76. The summed E-state index contributed by atoms with van der Waals surface area (Å²) in [6.45, 7) is 8.17. The van der Waals surface area contributed by atoms with Gasteiger partial charge in [-0.3, -0.25) is 9.59 Å². The number of hydrogen-bond donors (Lipinski definition) is 0. The maximum Gasteiger partial charge on any atom is 0.321 e. The van der Waals surface area contributed by atoms with Gasteiger partial charge in [0.2, 0.25) is 5.91 Å². The summed E-state index contributed by atoms with van der Waals surface area (Å²) in [5.41, 5.74) is 0.0146. The van der Waals surface area contributed by atoms with Crippen LogP contribution in [0, 0.1) is 12.3 Å². The molecule has 2 rings (SSSR count). The number of hydrogen-bond acceptors (Lipinski definition) is 5. The molecule has 1 unspecified atom stereocenters. The van der Waals surface area contributed by atoms with E-state index >= 15 is 0 Å². The minimum Gasteiger partial charge on any atom is -0.468 e. The van der Waals surface area contributed by atoms with Gasteiger partial charge in [-0.15, -0.1) is 11.3 Å². The first kappa shape index (κ1) is 16.9. The van der Waals surface area contributed by atoms with E-state index in [0.717, 1.165) is 15.6 Å². The molecule has 1 fully saturated rings. The van der Waals surface area contributed by atoms with Crippen molar-refractivity contribution in [3.63, 3.8) is 0 Å². The van der Waals surface area contributed by atoms with Crippen LogP contribution in [0.4, 0.5) is 0 Å². The molecule has 1 heterocycles. The molecule has 0 saturated heterocycles. The predicted octanol–water partition coefficient (Wildman–Crippen LogP) is 3.05. The Kier molecular flexibility index (Phi) is 4.61. The molecule has 1 atom stereocenters. The number of amides is 1. The minimum absolute atomic E-state index is 0.0976. The van der Waals surface area contributed by atoms with Gasteiger partial charge in [0.15, 0.2) is 0 Å². The number of nitrogens with zero attached hydrogens (tertiary/aromatic N) is 2. The number of aromatic nitrogens is 1. The smallest absolute Gasteiger partial charge is 0.321 e. The van der Waals surface area contributed by atoms with E-state index in [0.29, 0.717) is 18.8 Å². The highest BCUT2D eigenvalue weighted by Gasteiger charge is 2.59. The number of aryl methyl sites for hydroxylation is 1. The van der Waals surface area contributed by atoms with Crippen molar-refractivity contribution in [2.45, 2.75) is 52.5 Å². The molecule has 5 nitrogen and oxygen atoms in total. The zero-order valence-corrected chi connectivity index (χ0v) is 14.9. The zero-order valence-electron chi connectivity index (χ0n) is 14.1. The van der Waals surface area contributed by atoms with Gasteiger partial charge in [-0.1, -0.05) is 13.8 Å². The molecular weight excluding hydrogens is 300 g/mol. The van der Waals surface area contributed by atoms with Crippen LogP contribution in [0.1, 0.15) is 61.2 Å². The lowest BCUT2D eigenvalue weighted by Gasteiger charge is -2.27. The van der Waals surface area contributed by atoms with Gasteiger partial charge in [-0.05, 0) is 26.7 Å². The van der Waals surface area contributed by atoms with Crippen molar-refractivity contribution in [2.24, 2.45) is 5.41 Å². The van der Waals surface area contributed by atoms with Crippen molar-refractivity contribution in [3.8, 4) is 0 Å². The number of methoxy groups -OCH3 is 1. The van der Waals surface area contributed by atoms with E-state index in [1.165, 1.54) is 7.11 Å². The quantitative estimate of drug-likeness (QED) is 0.617. The molecule has 1 saturated carbocycles. The largest absolute Gasteiger partial charge is 0.468 e. The maximum absolute atomic E-state index is 12.7. The molecular formula is C16H24N2O3S. The second-order valence-electron chi connectivity index (χ2n) is 6.32. The van der Waals surface area contributed by atoms with E-state index in [-0.39, 0.29) is 11.9 Å². The van der Waals surface area contributed by atoms with Crippen LogP contribution in [0.3, 0.4) is 0 Å². The minimum atomic E-state index is -0.947. The standard InChI is InChI=1S/C16H24N2O3S/c1-9(2)13-17-10(3)12(22-13)11(4)18(5)14(19)16(7-8-16)15(20)21-6/h9,11H,7-8H2,1-6H3. The Morgan fingerprint density at radius 3 is 2.32 bits per heavy atom. The maximum atomic E-state index is 12.7. The van der Waals surface area contributed by atoms with E-state index in [9.17, 15) is 9.59 Å². The molecule has 0 aliphatic heterocycles. The lowest BCUT2D eigenvalue weighted by molar-refractivity contribution is -0.156. The van der Waals surface area contributed by atoms with Crippen LogP contribution in [0.2, 0.25) is 0 Å². The van der Waals surface area contributed by atoms with Gasteiger partial charge in [-0.25, -0.2) is 4.98 Å². The molecule has 122 valence electrons. The van der Waals surface area contributed by atoms with Gasteiger partial charge in [-0.2, -0.15) is 0 Å². The third-order valence-electron chi connectivity index (χ3n) is 4.36. The number of rotatable bonds is 5. The normalized spacial score (nSPS) is 17.2. The highest BCUT2D eigenvalue weighted by atomic mass is 32.1. The molecule has 1 amide bonds. The average Bonchev–Trinajstić information content (AvgIpc) is 3.21. The number of thiazole rings is 1. The molecule has 1 aliphatic rings. The van der Waals surface area contributed by atoms with Gasteiger partial charge < -0.3 is 9.64 Å². The van der Waals surface area contributed by atoms with Crippen LogP contribution in [0.5, 0.6) is 0 Å². The fourth-order valence-corrected chi connectivity index (χ4v) is 3.74. The molecule has 0 spiro atoms. The first-order chi connectivity index (χ1) is 10.2. The molecule has 6 heteroatoms. The van der Waals surface area contributed by atoms with Crippen LogP contribution in [0.25, 0.3) is 0 Å². The molecule has 0 radical (unpaired) electrons. The Balaban J connectivity index is 2.21. The van der Waals surface area contributed by atoms with Gasteiger partial charge in [0.05, 0.1) is 23.9 Å². The SMILES string of the molecule is COC(=O)C1(C(=O)N(C)C(C)c2sc(C(C)C)nc2C)CC1. The first-order valence-electron chi connectivity index (χ1n) is 7.57. The molecule has 0 N–H and O–H groups in total. The van der Waals surface area contributed by atoms with Crippen molar-refractivity contribution in [1.82, 2.24) is 9.88 Å². The van der Waals surface area contributed by atoms with E-state index in [2.05, 4.69) is 18.8 Å². The van der Waals surface area contributed by atoms with Crippen LogP contribution in [0.15, 0.2) is 0 Å². The Labute approximate surface area is 135 Å². The Hall–Kier alpha value is -1.43. The summed E-state index contributed by atoms with van der Waals surface area (Å²) in [4.78, 5) is 31.9. The van der Waals surface area contributed by atoms with Crippen LogP contribution in [-0.4, -0.2) is 35.9 Å². The molecule has 1 aromatic rings. The summed E-state index contributed by atoms with van der Waals surface area (Å²) in [5, 5.41) is 1.08. The topological polar surface area (TPSA) is 59.5 Å². The fraction of sp³-hybridized carbons (Fsp3) is 0.688. The predicted molar refractivity (Wildman–Crippen MR) is 85.8 cm³/mol. The van der Waals surface area contributed by atoms with E-state index in [1.807, 2.05) is 13.8 Å². The second kappa shape index (κ2) is 5.99. The Bertz CT molecular complexity index is 590. The summed E-state index contributed by atoms with van der Waals surface area (Å²) in [6, 6.07) is -0.0976. The van der Waals surface area contributed by atoms with Crippen molar-refractivity contribution < 1.29 is 14.3 Å². The van der Waals surface area contributed by atoms with Crippen molar-refractivity contribution in [2.75, 3.05) is 14.2 Å². The van der Waals surface area contributed by atoms with Gasteiger partial charge in [0, 0.05) is 17.8 Å². The zero-order chi connectivity index (χ0) is 16.7. The number of carbonyl (C=O) groups excluding carboxylic acids is 2. The van der Waals surface area contributed by atoms with Crippen LogP contribution >= 0.6 is 11.3 Å². The van der Waals surface area contributed by atoms with E-state index in [4.69, 9.17) is 4.74 Å². The van der Waals surface area contributed by atoms with E-state index < -0.39 is 11.4 Å². The highest BCUT2D eigenvalue weighted by Crippen LogP contribution is 2.49. The summed E-state index contributed by atoms with van der Waals surface area (Å²) >= 11 is 1.65. The molecule has 0 bridgehead atoms. The van der Waals surface area contributed by atoms with Crippen LogP contribution < -0.4 is 0 Å². The summed E-state index contributed by atoms with van der Waals surface area (Å²) in [7, 11) is 3.09. The fourth-order valence-electron chi connectivity index (χ4n) is 2.58. The molecule has 1 aromatic heterocycles. The van der Waals surface area contributed by atoms with E-state index in [1.54, 1.807) is 23.3 Å². The van der Waals surface area contributed by atoms with Crippen LogP contribution in [-0.2, 0) is 14.3 Å². The summed E-state index contributed by atoms with van der Waals surface area (Å²) < 4.78 is 4.80.